The van der Waals surface area contributed by atoms with Gasteiger partial charge >= 0.3 is 5.97 Å². The summed E-state index contributed by atoms with van der Waals surface area (Å²) in [7, 11) is 0. The molecule has 0 bridgehead atoms. The van der Waals surface area contributed by atoms with Crippen molar-refractivity contribution in [2.75, 3.05) is 46.2 Å². The molecule has 0 heterocycles. The third kappa shape index (κ3) is 29.8. The van der Waals surface area contributed by atoms with Crippen molar-refractivity contribution in [1.82, 2.24) is 5.32 Å². The Hall–Kier alpha value is -2.22. The summed E-state index contributed by atoms with van der Waals surface area (Å²) >= 11 is 0. The van der Waals surface area contributed by atoms with Crippen molar-refractivity contribution in [1.29, 1.82) is 0 Å². The number of unbranched alkanes of at least 4 members (excludes halogenated alkanes) is 4. The second-order valence-electron chi connectivity index (χ2n) is 8.31. The van der Waals surface area contributed by atoms with Gasteiger partial charge in [0.2, 0.25) is 5.91 Å². The maximum atomic E-state index is 11.8. The first kappa shape index (κ1) is 33.8. The highest BCUT2D eigenvalue weighted by Gasteiger charge is 1.99. The SMILES string of the molecule is CCCCC/C=C\C/C=C\C/C=C\C/C=C\CCCC(=O)NCCOCCOCCOCCC(=O)O. The first-order valence-corrected chi connectivity index (χ1v) is 13.5. The minimum atomic E-state index is -0.872. The van der Waals surface area contributed by atoms with E-state index in [9.17, 15) is 9.59 Å². The number of carbonyl (C=O) groups excluding carboxylic acids is 1. The maximum Gasteiger partial charge on any atom is 0.305 e. The Morgan fingerprint density at radius 3 is 1.69 bits per heavy atom. The van der Waals surface area contributed by atoms with Crippen molar-refractivity contribution in [2.45, 2.75) is 77.6 Å². The summed E-state index contributed by atoms with van der Waals surface area (Å²) in [6.45, 7) is 5.00. The molecule has 7 heteroatoms. The fraction of sp³-hybridized carbons (Fsp3) is 0.655. The van der Waals surface area contributed by atoms with Gasteiger partial charge in [0.15, 0.2) is 0 Å². The molecule has 0 fully saturated rings. The molecular formula is C29H49NO6. The molecule has 0 aromatic carbocycles. The van der Waals surface area contributed by atoms with E-state index in [0.717, 1.165) is 32.1 Å². The summed E-state index contributed by atoms with van der Waals surface area (Å²) in [6.07, 6.45) is 27.9. The number of nitrogens with one attached hydrogen (secondary N) is 1. The molecule has 0 radical (unpaired) electrons. The van der Waals surface area contributed by atoms with Crippen LogP contribution in [0.3, 0.4) is 0 Å². The minimum Gasteiger partial charge on any atom is -0.481 e. The van der Waals surface area contributed by atoms with E-state index in [4.69, 9.17) is 19.3 Å². The Labute approximate surface area is 218 Å². The second kappa shape index (κ2) is 29.0. The van der Waals surface area contributed by atoms with Crippen molar-refractivity contribution in [3.8, 4) is 0 Å². The van der Waals surface area contributed by atoms with Crippen LogP contribution in [0.25, 0.3) is 0 Å². The van der Waals surface area contributed by atoms with Crippen LogP contribution in [0.4, 0.5) is 0 Å². The van der Waals surface area contributed by atoms with E-state index < -0.39 is 5.97 Å². The second-order valence-corrected chi connectivity index (χ2v) is 8.31. The van der Waals surface area contributed by atoms with Gasteiger partial charge in [-0.2, -0.15) is 0 Å². The van der Waals surface area contributed by atoms with Crippen molar-refractivity contribution >= 4 is 11.9 Å². The molecule has 0 aliphatic heterocycles. The number of aliphatic carboxylic acids is 1. The number of ether oxygens (including phenoxy) is 3. The van der Waals surface area contributed by atoms with E-state index >= 15 is 0 Å². The van der Waals surface area contributed by atoms with E-state index in [1.807, 2.05) is 0 Å². The topological polar surface area (TPSA) is 94.1 Å². The van der Waals surface area contributed by atoms with Crippen molar-refractivity contribution in [2.24, 2.45) is 0 Å². The summed E-state index contributed by atoms with van der Waals surface area (Å²) in [5, 5.41) is 11.3. The van der Waals surface area contributed by atoms with Gasteiger partial charge in [-0.25, -0.2) is 0 Å². The Morgan fingerprint density at radius 2 is 1.14 bits per heavy atom. The van der Waals surface area contributed by atoms with Crippen molar-refractivity contribution < 1.29 is 28.9 Å². The molecule has 0 saturated heterocycles. The highest BCUT2D eigenvalue weighted by atomic mass is 16.5. The zero-order valence-electron chi connectivity index (χ0n) is 22.3. The van der Waals surface area contributed by atoms with Gasteiger partial charge in [0.1, 0.15) is 0 Å². The average Bonchev–Trinajstić information content (AvgIpc) is 2.86. The third-order valence-corrected chi connectivity index (χ3v) is 5.00. The van der Waals surface area contributed by atoms with Crippen LogP contribution in [0.15, 0.2) is 48.6 Å². The molecular weight excluding hydrogens is 458 g/mol. The van der Waals surface area contributed by atoms with E-state index in [-0.39, 0.29) is 18.9 Å². The monoisotopic (exact) mass is 507 g/mol. The predicted octanol–water partition coefficient (Wildman–Crippen LogP) is 5.77. The van der Waals surface area contributed by atoms with E-state index in [1.54, 1.807) is 0 Å². The zero-order chi connectivity index (χ0) is 26.4. The quantitative estimate of drug-likeness (QED) is 0.114. The summed E-state index contributed by atoms with van der Waals surface area (Å²) in [5.74, 6) is -0.827. The smallest absolute Gasteiger partial charge is 0.305 e. The number of carboxylic acids is 1. The van der Waals surface area contributed by atoms with E-state index in [0.29, 0.717) is 46.0 Å². The summed E-state index contributed by atoms with van der Waals surface area (Å²) < 4.78 is 15.8. The molecule has 0 rings (SSSR count). The average molecular weight is 508 g/mol. The Bertz CT molecular complexity index is 627. The summed E-state index contributed by atoms with van der Waals surface area (Å²) in [6, 6.07) is 0. The zero-order valence-corrected chi connectivity index (χ0v) is 22.3. The van der Waals surface area contributed by atoms with Gasteiger partial charge in [0.25, 0.3) is 0 Å². The largest absolute Gasteiger partial charge is 0.481 e. The lowest BCUT2D eigenvalue weighted by Crippen LogP contribution is -2.27. The first-order chi connectivity index (χ1) is 17.7. The lowest BCUT2D eigenvalue weighted by Gasteiger charge is -2.07. The standard InChI is InChI=1S/C29H49NO6/c1-2-3-4-5-6-7-8-9-10-11-12-13-14-15-16-17-18-19-28(31)30-21-23-35-25-27-36-26-24-34-22-20-29(32)33/h6-7,9-10,12-13,15-16H,2-5,8,11,14,17-27H2,1H3,(H,30,31)(H,32,33)/b7-6-,10-9-,13-12-,16-15-. The van der Waals surface area contributed by atoms with Crippen molar-refractivity contribution in [3.63, 3.8) is 0 Å². The molecule has 0 spiro atoms. The summed E-state index contributed by atoms with van der Waals surface area (Å²) in [5.41, 5.74) is 0. The molecule has 0 aromatic rings. The van der Waals surface area contributed by atoms with Gasteiger partial charge < -0.3 is 24.6 Å². The number of amides is 1. The van der Waals surface area contributed by atoms with Gasteiger partial charge in [-0.1, -0.05) is 68.4 Å². The van der Waals surface area contributed by atoms with E-state index in [2.05, 4.69) is 60.8 Å². The molecule has 0 saturated carbocycles. The van der Waals surface area contributed by atoms with Gasteiger partial charge in [-0.15, -0.1) is 0 Å². The maximum absolute atomic E-state index is 11.8. The van der Waals surface area contributed by atoms with E-state index in [1.165, 1.54) is 25.7 Å². The predicted molar refractivity (Wildman–Crippen MR) is 146 cm³/mol. The molecule has 36 heavy (non-hydrogen) atoms. The highest BCUT2D eigenvalue weighted by molar-refractivity contribution is 5.75. The molecule has 0 aliphatic carbocycles. The van der Waals surface area contributed by atoms with Crippen LogP contribution in [-0.2, 0) is 23.8 Å². The van der Waals surface area contributed by atoms with Crippen LogP contribution < -0.4 is 5.32 Å². The van der Waals surface area contributed by atoms with Gasteiger partial charge in [-0.3, -0.25) is 9.59 Å². The number of allylic oxidation sites excluding steroid dienone is 8. The fourth-order valence-electron chi connectivity index (χ4n) is 2.99. The van der Waals surface area contributed by atoms with Gasteiger partial charge in [0, 0.05) is 13.0 Å². The van der Waals surface area contributed by atoms with Crippen LogP contribution in [0.2, 0.25) is 0 Å². The molecule has 0 atom stereocenters. The Kier molecular flexibility index (Phi) is 27.2. The fourth-order valence-corrected chi connectivity index (χ4v) is 2.99. The molecule has 2 N–H and O–H groups in total. The summed E-state index contributed by atoms with van der Waals surface area (Å²) in [4.78, 5) is 22.1. The van der Waals surface area contributed by atoms with Crippen LogP contribution in [0.1, 0.15) is 77.6 Å². The third-order valence-electron chi connectivity index (χ3n) is 5.00. The molecule has 0 aliphatic rings. The van der Waals surface area contributed by atoms with Gasteiger partial charge in [0.05, 0.1) is 46.1 Å². The van der Waals surface area contributed by atoms with Crippen LogP contribution in [0.5, 0.6) is 0 Å². The molecule has 7 nitrogen and oxygen atoms in total. The number of carboxylic acid groups (broad SMARTS) is 1. The van der Waals surface area contributed by atoms with Gasteiger partial charge in [-0.05, 0) is 44.9 Å². The molecule has 0 aromatic heterocycles. The molecule has 206 valence electrons. The Morgan fingerprint density at radius 1 is 0.639 bits per heavy atom. The minimum absolute atomic E-state index is 0.000623. The first-order valence-electron chi connectivity index (χ1n) is 13.5. The molecule has 0 unspecified atom stereocenters. The lowest BCUT2D eigenvalue weighted by molar-refractivity contribution is -0.138. The van der Waals surface area contributed by atoms with Crippen LogP contribution in [-0.4, -0.2) is 63.2 Å². The number of hydrogen-bond donors (Lipinski definition) is 2. The van der Waals surface area contributed by atoms with Crippen LogP contribution >= 0.6 is 0 Å². The van der Waals surface area contributed by atoms with Crippen molar-refractivity contribution in [3.05, 3.63) is 48.6 Å². The normalized spacial score (nSPS) is 12.0. The van der Waals surface area contributed by atoms with Crippen LogP contribution in [0, 0.1) is 0 Å². The highest BCUT2D eigenvalue weighted by Crippen LogP contribution is 2.01. The lowest BCUT2D eigenvalue weighted by atomic mass is 10.2. The Balaban J connectivity index is 3.39. The number of hydrogen-bond acceptors (Lipinski definition) is 5. The number of rotatable bonds is 26. The molecule has 1 amide bonds. The number of carbonyl (C=O) groups is 2.